The van der Waals surface area contributed by atoms with Crippen LogP contribution in [0.4, 0.5) is 39.5 Å². The first kappa shape index (κ1) is 23.6. The van der Waals surface area contributed by atoms with Crippen LogP contribution in [-0.2, 0) is 11.0 Å². The van der Waals surface area contributed by atoms with E-state index in [0.29, 0.717) is 37.6 Å². The standard InChI is InChI=1S/C21H20F5N7O/c22-18(23)19(34)32-5-2-13(3-6-32)15-8-17(31-20(29-15)33-10-12(9-27)11-33)30-16-7-14(1-4-28-16)21(24,25)26/h1,4,7-8,12-13,18H,2-3,5-6,10-11H2,(H,28,29,30,31). The molecule has 0 atom stereocenters. The van der Waals surface area contributed by atoms with Gasteiger partial charge >= 0.3 is 12.6 Å². The number of carbonyl (C=O) groups is 1. The molecule has 180 valence electrons. The lowest BCUT2D eigenvalue weighted by Crippen LogP contribution is -2.47. The predicted molar refractivity (Wildman–Crippen MR) is 110 cm³/mol. The minimum Gasteiger partial charge on any atom is -0.338 e. The number of halogens is 5. The van der Waals surface area contributed by atoms with E-state index >= 15 is 0 Å². The largest absolute Gasteiger partial charge is 0.416 e. The van der Waals surface area contributed by atoms with E-state index in [1.165, 1.54) is 0 Å². The van der Waals surface area contributed by atoms with E-state index in [4.69, 9.17) is 5.26 Å². The molecule has 4 heterocycles. The summed E-state index contributed by atoms with van der Waals surface area (Å²) >= 11 is 0. The summed E-state index contributed by atoms with van der Waals surface area (Å²) in [5, 5.41) is 11.8. The maximum Gasteiger partial charge on any atom is 0.416 e. The number of piperidine rings is 1. The molecule has 8 nitrogen and oxygen atoms in total. The molecule has 2 aliphatic heterocycles. The van der Waals surface area contributed by atoms with Gasteiger partial charge in [-0.15, -0.1) is 0 Å². The van der Waals surface area contributed by atoms with E-state index in [2.05, 4.69) is 26.3 Å². The summed E-state index contributed by atoms with van der Waals surface area (Å²) in [5.41, 5.74) is -0.292. The Kier molecular flexibility index (Phi) is 6.49. The van der Waals surface area contributed by atoms with Crippen molar-refractivity contribution in [2.75, 3.05) is 36.4 Å². The lowest BCUT2D eigenvalue weighted by Gasteiger charge is -2.36. The zero-order valence-electron chi connectivity index (χ0n) is 17.8. The second-order valence-electron chi connectivity index (χ2n) is 8.16. The minimum absolute atomic E-state index is 0.0544. The quantitative estimate of drug-likeness (QED) is 0.652. The summed E-state index contributed by atoms with van der Waals surface area (Å²) in [4.78, 5) is 27.3. The van der Waals surface area contributed by atoms with Gasteiger partial charge in [0.15, 0.2) is 0 Å². The summed E-state index contributed by atoms with van der Waals surface area (Å²) in [6.07, 6.45) is -5.75. The van der Waals surface area contributed by atoms with Crippen LogP contribution in [0.5, 0.6) is 0 Å². The maximum atomic E-state index is 13.1. The van der Waals surface area contributed by atoms with Crippen LogP contribution in [0.25, 0.3) is 0 Å². The fraction of sp³-hybridized carbons (Fsp3) is 0.476. The van der Waals surface area contributed by atoms with E-state index in [1.54, 1.807) is 11.0 Å². The van der Waals surface area contributed by atoms with E-state index in [0.717, 1.165) is 23.2 Å². The highest BCUT2D eigenvalue weighted by Gasteiger charge is 2.33. The average molecular weight is 481 g/mol. The average Bonchev–Trinajstić information content (AvgIpc) is 2.77. The third kappa shape index (κ3) is 5.16. The molecule has 1 amide bonds. The molecule has 2 aliphatic rings. The summed E-state index contributed by atoms with van der Waals surface area (Å²) < 4.78 is 64.6. The lowest BCUT2D eigenvalue weighted by molar-refractivity contribution is -0.144. The van der Waals surface area contributed by atoms with Gasteiger partial charge in [-0.2, -0.15) is 32.2 Å². The summed E-state index contributed by atoms with van der Waals surface area (Å²) in [6.45, 7) is 1.13. The number of nitrogens with one attached hydrogen (secondary N) is 1. The number of anilines is 3. The molecule has 4 rings (SSSR count). The number of aromatic nitrogens is 3. The van der Waals surface area contributed by atoms with Crippen LogP contribution in [0.3, 0.4) is 0 Å². The van der Waals surface area contributed by atoms with E-state index in [1.807, 2.05) is 0 Å². The number of likely N-dealkylation sites (tertiary alicyclic amines) is 1. The first-order chi connectivity index (χ1) is 16.1. The number of pyridine rings is 1. The molecular formula is C21H20F5N7O. The second kappa shape index (κ2) is 9.36. The third-order valence-corrected chi connectivity index (χ3v) is 5.84. The van der Waals surface area contributed by atoms with Crippen molar-refractivity contribution in [3.05, 3.63) is 35.7 Å². The van der Waals surface area contributed by atoms with Crippen molar-refractivity contribution >= 4 is 23.5 Å². The lowest BCUT2D eigenvalue weighted by atomic mass is 9.93. The SMILES string of the molecule is N#CC1CN(c2nc(Nc3cc(C(F)(F)F)ccn3)cc(C3CCN(C(=O)C(F)F)CC3)n2)C1. The van der Waals surface area contributed by atoms with Crippen molar-refractivity contribution in [3.8, 4) is 6.07 Å². The molecule has 0 saturated carbocycles. The van der Waals surface area contributed by atoms with Crippen LogP contribution in [-0.4, -0.2) is 58.4 Å². The van der Waals surface area contributed by atoms with Gasteiger partial charge in [0.05, 0.1) is 23.2 Å². The predicted octanol–water partition coefficient (Wildman–Crippen LogP) is 3.56. The van der Waals surface area contributed by atoms with E-state index in [9.17, 15) is 26.7 Å². The Labute approximate surface area is 191 Å². The number of carbonyl (C=O) groups excluding carboxylic acids is 1. The molecule has 0 spiro atoms. The van der Waals surface area contributed by atoms with Gasteiger partial charge in [0.2, 0.25) is 5.95 Å². The summed E-state index contributed by atoms with van der Waals surface area (Å²) in [7, 11) is 0. The Morgan fingerprint density at radius 3 is 2.47 bits per heavy atom. The van der Waals surface area contributed by atoms with Crippen LogP contribution in [0.1, 0.15) is 30.0 Å². The molecule has 34 heavy (non-hydrogen) atoms. The van der Waals surface area contributed by atoms with Crippen LogP contribution < -0.4 is 10.2 Å². The monoisotopic (exact) mass is 481 g/mol. The van der Waals surface area contributed by atoms with Crippen LogP contribution >= 0.6 is 0 Å². The van der Waals surface area contributed by atoms with E-state index < -0.39 is 24.1 Å². The third-order valence-electron chi connectivity index (χ3n) is 5.84. The molecule has 0 unspecified atom stereocenters. The Hall–Kier alpha value is -3.56. The van der Waals surface area contributed by atoms with Gasteiger partial charge in [-0.3, -0.25) is 4.79 Å². The van der Waals surface area contributed by atoms with Crippen molar-refractivity contribution in [1.29, 1.82) is 5.26 Å². The Morgan fingerprint density at radius 2 is 1.85 bits per heavy atom. The molecule has 13 heteroatoms. The van der Waals surface area contributed by atoms with E-state index in [-0.39, 0.29) is 36.6 Å². The molecule has 1 N–H and O–H groups in total. The molecule has 2 saturated heterocycles. The van der Waals surface area contributed by atoms with Crippen LogP contribution in [0.2, 0.25) is 0 Å². The van der Waals surface area contributed by atoms with Gasteiger partial charge < -0.3 is 15.1 Å². The molecule has 0 bridgehead atoms. The van der Waals surface area contributed by atoms with Gasteiger partial charge in [-0.05, 0) is 25.0 Å². The molecule has 2 aromatic rings. The van der Waals surface area contributed by atoms with Crippen molar-refractivity contribution in [3.63, 3.8) is 0 Å². The summed E-state index contributed by atoms with van der Waals surface area (Å²) in [6, 6.07) is 5.46. The molecule has 0 aromatic carbocycles. The Balaban J connectivity index is 1.57. The number of rotatable bonds is 5. The minimum atomic E-state index is -4.53. The fourth-order valence-corrected chi connectivity index (χ4v) is 3.93. The maximum absolute atomic E-state index is 13.1. The number of hydrogen-bond donors (Lipinski definition) is 1. The number of amides is 1. The van der Waals surface area contributed by atoms with Gasteiger partial charge in [-0.1, -0.05) is 0 Å². The van der Waals surface area contributed by atoms with Crippen molar-refractivity contribution in [1.82, 2.24) is 19.9 Å². The Morgan fingerprint density at radius 1 is 1.15 bits per heavy atom. The molecule has 0 aliphatic carbocycles. The molecular weight excluding hydrogens is 461 g/mol. The highest BCUT2D eigenvalue weighted by Crippen LogP contribution is 2.33. The molecule has 2 aromatic heterocycles. The summed E-state index contributed by atoms with van der Waals surface area (Å²) in [5.74, 6) is -1.06. The Bertz CT molecular complexity index is 1090. The molecule has 2 fully saturated rings. The normalized spacial score (nSPS) is 17.4. The van der Waals surface area contributed by atoms with Gasteiger partial charge in [0, 0.05) is 44.4 Å². The second-order valence-corrected chi connectivity index (χ2v) is 8.16. The van der Waals surface area contributed by atoms with Gasteiger partial charge in [0.25, 0.3) is 5.91 Å². The first-order valence-electron chi connectivity index (χ1n) is 10.5. The van der Waals surface area contributed by atoms with Crippen LogP contribution in [0, 0.1) is 17.2 Å². The number of nitrogens with zero attached hydrogens (tertiary/aromatic N) is 6. The highest BCUT2D eigenvalue weighted by molar-refractivity contribution is 5.79. The number of nitriles is 1. The van der Waals surface area contributed by atoms with Crippen LogP contribution in [0.15, 0.2) is 24.4 Å². The van der Waals surface area contributed by atoms with Gasteiger partial charge in [0.1, 0.15) is 11.6 Å². The number of hydrogen-bond acceptors (Lipinski definition) is 7. The van der Waals surface area contributed by atoms with Crippen molar-refractivity contribution in [2.45, 2.75) is 31.4 Å². The fourth-order valence-electron chi connectivity index (χ4n) is 3.93. The van der Waals surface area contributed by atoms with Gasteiger partial charge in [-0.25, -0.2) is 9.97 Å². The first-order valence-corrected chi connectivity index (χ1v) is 10.5. The van der Waals surface area contributed by atoms with Crippen molar-refractivity contribution in [2.24, 2.45) is 5.92 Å². The highest BCUT2D eigenvalue weighted by atomic mass is 19.4. The van der Waals surface area contributed by atoms with Crippen molar-refractivity contribution < 1.29 is 26.7 Å². The molecule has 0 radical (unpaired) electrons. The zero-order chi connectivity index (χ0) is 24.5. The topological polar surface area (TPSA) is 98.0 Å². The smallest absolute Gasteiger partial charge is 0.338 e. The zero-order valence-corrected chi connectivity index (χ0v) is 17.8. The number of alkyl halides is 5.